The number of hydrogen-bond acceptors (Lipinski definition) is 5. The smallest absolute Gasteiger partial charge is 0.334 e. The summed E-state index contributed by atoms with van der Waals surface area (Å²) in [5, 5.41) is 5.01. The zero-order chi connectivity index (χ0) is 21.0. The second-order valence-electron chi connectivity index (χ2n) is 6.31. The van der Waals surface area contributed by atoms with Crippen LogP contribution >= 0.6 is 7.75 Å². The maximum Gasteiger partial charge on any atom is 0.436 e. The van der Waals surface area contributed by atoms with Crippen molar-refractivity contribution in [2.75, 3.05) is 37.5 Å². The molecule has 2 N–H and O–H groups in total. The molecule has 0 aromatic heterocycles. The molecule has 0 fully saturated rings. The fourth-order valence-corrected chi connectivity index (χ4v) is 3.40. The van der Waals surface area contributed by atoms with E-state index < -0.39 is 13.8 Å². The topological polar surface area (TPSA) is 92.3 Å². The number of anilines is 2. The summed E-state index contributed by atoms with van der Waals surface area (Å²) in [5.41, 5.74) is 1.50. The van der Waals surface area contributed by atoms with Gasteiger partial charge in [0.15, 0.2) is 0 Å². The first-order valence-electron chi connectivity index (χ1n) is 9.60. The van der Waals surface area contributed by atoms with Crippen LogP contribution in [0.4, 0.5) is 16.2 Å². The Morgan fingerprint density at radius 2 is 1.64 bits per heavy atom. The van der Waals surface area contributed by atoms with Crippen molar-refractivity contribution in [3.63, 3.8) is 0 Å². The van der Waals surface area contributed by atoms with Gasteiger partial charge in [0, 0.05) is 25.5 Å². The monoisotopic (exact) mass is 412 g/mol. The number of aliphatic imine (C=N–C) groups is 1. The van der Waals surface area contributed by atoms with Crippen molar-refractivity contribution in [3.05, 3.63) is 24.3 Å². The van der Waals surface area contributed by atoms with Crippen LogP contribution < -0.4 is 15.3 Å². The fourth-order valence-electron chi connectivity index (χ4n) is 2.15. The summed E-state index contributed by atoms with van der Waals surface area (Å²) in [6, 6.07) is 6.60. The van der Waals surface area contributed by atoms with Crippen LogP contribution in [0.3, 0.4) is 0 Å². The number of carbonyl (C=O) groups is 1. The second kappa shape index (κ2) is 12.5. The number of hydrogen-bond donors (Lipinski definition) is 2. The Morgan fingerprint density at radius 1 is 1.11 bits per heavy atom. The van der Waals surface area contributed by atoms with Crippen LogP contribution in [0.25, 0.3) is 0 Å². The molecule has 28 heavy (non-hydrogen) atoms. The number of unbranched alkanes of at least 4 members (excludes halogenated alkanes) is 2. The third kappa shape index (κ3) is 8.42. The van der Waals surface area contributed by atoms with Gasteiger partial charge in [0.1, 0.15) is 0 Å². The molecule has 0 heterocycles. The quantitative estimate of drug-likeness (QED) is 0.230. The molecule has 1 aromatic carbocycles. The van der Waals surface area contributed by atoms with Gasteiger partial charge in [0.05, 0.1) is 19.0 Å². The Morgan fingerprint density at radius 3 is 2.11 bits per heavy atom. The molecule has 158 valence electrons. The fraction of sp³-hybridized carbons (Fsp3) is 0.579. The molecular weight excluding hydrogens is 379 g/mol. The molecule has 0 saturated heterocycles. The molecule has 0 bridgehead atoms. The van der Waals surface area contributed by atoms with Crippen LogP contribution in [0.5, 0.6) is 0 Å². The molecule has 0 unspecified atom stereocenters. The minimum absolute atomic E-state index is 0.263. The predicted octanol–water partition coefficient (Wildman–Crippen LogP) is 5.03. The van der Waals surface area contributed by atoms with E-state index in [4.69, 9.17) is 9.05 Å². The number of amidine groups is 1. The number of urea groups is 1. The summed E-state index contributed by atoms with van der Waals surface area (Å²) in [7, 11) is -0.0569. The van der Waals surface area contributed by atoms with E-state index in [0.29, 0.717) is 5.69 Å². The van der Waals surface area contributed by atoms with Crippen molar-refractivity contribution in [1.82, 2.24) is 5.09 Å². The predicted molar refractivity (Wildman–Crippen MR) is 115 cm³/mol. The summed E-state index contributed by atoms with van der Waals surface area (Å²) in [4.78, 5) is 18.4. The molecule has 8 nitrogen and oxygen atoms in total. The van der Waals surface area contributed by atoms with Gasteiger partial charge in [-0.3, -0.25) is 14.0 Å². The molecule has 1 rings (SSSR count). The summed E-state index contributed by atoms with van der Waals surface area (Å²) < 4.78 is 23.5. The van der Waals surface area contributed by atoms with E-state index in [1.807, 2.05) is 44.9 Å². The summed E-state index contributed by atoms with van der Waals surface area (Å²) in [6.45, 7) is 6.44. The Hall–Kier alpha value is -1.89. The second-order valence-corrected chi connectivity index (χ2v) is 8.05. The minimum atomic E-state index is -3.70. The first-order valence-corrected chi connectivity index (χ1v) is 11.1. The Balaban J connectivity index is 2.71. The highest BCUT2D eigenvalue weighted by Crippen LogP contribution is 2.44. The zero-order valence-corrected chi connectivity index (χ0v) is 18.4. The van der Waals surface area contributed by atoms with Crippen molar-refractivity contribution in [3.8, 4) is 0 Å². The van der Waals surface area contributed by atoms with Gasteiger partial charge in [0.2, 0.25) is 0 Å². The van der Waals surface area contributed by atoms with Gasteiger partial charge in [-0.2, -0.15) is 0 Å². The molecule has 0 aliphatic carbocycles. The van der Waals surface area contributed by atoms with E-state index >= 15 is 0 Å². The number of carbonyl (C=O) groups excluding carboxylic acids is 1. The van der Waals surface area contributed by atoms with E-state index in [1.165, 1.54) is 0 Å². The van der Waals surface area contributed by atoms with E-state index in [0.717, 1.165) is 37.2 Å². The Labute approximate surface area is 168 Å². The van der Waals surface area contributed by atoms with Crippen molar-refractivity contribution in [1.29, 1.82) is 0 Å². The van der Waals surface area contributed by atoms with E-state index in [9.17, 15) is 9.36 Å². The highest BCUT2D eigenvalue weighted by atomic mass is 31.2. The molecule has 0 atom stereocenters. The van der Waals surface area contributed by atoms with Gasteiger partial charge in [-0.15, -0.1) is 0 Å². The van der Waals surface area contributed by atoms with Crippen molar-refractivity contribution in [2.24, 2.45) is 4.99 Å². The lowest BCUT2D eigenvalue weighted by atomic mass is 10.2. The number of amides is 2. The Kier molecular flexibility index (Phi) is 10.8. The molecule has 2 amide bonds. The molecule has 0 saturated carbocycles. The first kappa shape index (κ1) is 24.1. The summed E-state index contributed by atoms with van der Waals surface area (Å²) in [5.74, 6) is 0.868. The van der Waals surface area contributed by atoms with Gasteiger partial charge in [-0.25, -0.2) is 14.4 Å². The summed E-state index contributed by atoms with van der Waals surface area (Å²) >= 11 is 0. The zero-order valence-electron chi connectivity index (χ0n) is 17.5. The lowest BCUT2D eigenvalue weighted by Crippen LogP contribution is -2.28. The third-order valence-electron chi connectivity index (χ3n) is 4.08. The lowest BCUT2D eigenvalue weighted by Gasteiger charge is -2.20. The SMILES string of the molecule is CCCCOP(=O)(NC(=O)Nc1ccc(N(C)C(C)=NC)cc1)OCCCC. The van der Waals surface area contributed by atoms with Gasteiger partial charge in [-0.1, -0.05) is 26.7 Å². The van der Waals surface area contributed by atoms with Crippen molar-refractivity contribution >= 4 is 31.0 Å². The van der Waals surface area contributed by atoms with Crippen LogP contribution in [0, 0.1) is 0 Å². The number of rotatable bonds is 11. The highest BCUT2D eigenvalue weighted by Gasteiger charge is 2.27. The summed E-state index contributed by atoms with van der Waals surface area (Å²) in [6.07, 6.45) is 3.26. The minimum Gasteiger partial charge on any atom is -0.334 e. The average molecular weight is 412 g/mol. The molecule has 0 aliphatic heterocycles. The van der Waals surface area contributed by atoms with Gasteiger partial charge < -0.3 is 10.2 Å². The lowest BCUT2D eigenvalue weighted by molar-refractivity contribution is 0.191. The van der Waals surface area contributed by atoms with Crippen LogP contribution in [0.2, 0.25) is 0 Å². The average Bonchev–Trinajstić information content (AvgIpc) is 2.67. The van der Waals surface area contributed by atoms with Gasteiger partial charge >= 0.3 is 13.8 Å². The van der Waals surface area contributed by atoms with Crippen LogP contribution in [-0.2, 0) is 13.6 Å². The normalized spacial score (nSPS) is 12.0. The van der Waals surface area contributed by atoms with Gasteiger partial charge in [-0.05, 0) is 44.0 Å². The van der Waals surface area contributed by atoms with E-state index in [-0.39, 0.29) is 13.2 Å². The first-order chi connectivity index (χ1) is 13.3. The maximum absolute atomic E-state index is 12.8. The molecule has 0 aliphatic rings. The van der Waals surface area contributed by atoms with Gasteiger partial charge in [0.25, 0.3) is 0 Å². The van der Waals surface area contributed by atoms with Crippen molar-refractivity contribution < 1.29 is 18.4 Å². The van der Waals surface area contributed by atoms with E-state index in [1.54, 1.807) is 19.2 Å². The number of nitrogens with zero attached hydrogens (tertiary/aromatic N) is 2. The number of benzene rings is 1. The standard InChI is InChI=1S/C19H33N4O4P/c1-6-8-14-26-28(25,27-15-9-7-2)22-19(24)21-17-10-12-18(13-11-17)23(5)16(3)20-4/h10-13H,6-9,14-15H2,1-5H3,(H2,21,22,24,25). The molecule has 1 aromatic rings. The third-order valence-corrected chi connectivity index (χ3v) is 5.60. The molecule has 0 radical (unpaired) electrons. The van der Waals surface area contributed by atoms with Crippen LogP contribution in [0.15, 0.2) is 29.3 Å². The largest absolute Gasteiger partial charge is 0.436 e. The molecular formula is C19H33N4O4P. The van der Waals surface area contributed by atoms with Crippen molar-refractivity contribution in [2.45, 2.75) is 46.5 Å². The molecule has 9 heteroatoms. The van der Waals surface area contributed by atoms with Crippen LogP contribution in [0.1, 0.15) is 46.5 Å². The van der Waals surface area contributed by atoms with Crippen LogP contribution in [-0.4, -0.2) is 39.2 Å². The Bertz CT molecular complexity index is 665. The number of nitrogens with one attached hydrogen (secondary N) is 2. The van der Waals surface area contributed by atoms with E-state index in [2.05, 4.69) is 15.4 Å². The maximum atomic E-state index is 12.8. The highest BCUT2D eigenvalue weighted by molar-refractivity contribution is 7.52. The molecule has 0 spiro atoms.